The van der Waals surface area contributed by atoms with Crippen LogP contribution in [-0.2, 0) is 19.1 Å². The lowest BCUT2D eigenvalue weighted by Gasteiger charge is -2.33. The van der Waals surface area contributed by atoms with Crippen LogP contribution in [0.2, 0.25) is 0 Å². The molecule has 5 nitrogen and oxygen atoms in total. The second-order valence-electron chi connectivity index (χ2n) is 6.05. The number of fused-ring (bicyclic) bond motifs is 1. The fourth-order valence-electron chi connectivity index (χ4n) is 2.91. The summed E-state index contributed by atoms with van der Waals surface area (Å²) < 4.78 is 10.4. The van der Waals surface area contributed by atoms with E-state index in [4.69, 9.17) is 9.47 Å². The van der Waals surface area contributed by atoms with Gasteiger partial charge in [-0.1, -0.05) is 54.3 Å². The normalized spacial score (nSPS) is 15.4. The Hall–Kier alpha value is -3.30. The van der Waals surface area contributed by atoms with Crippen LogP contribution in [0.3, 0.4) is 0 Å². The van der Waals surface area contributed by atoms with E-state index in [1.807, 2.05) is 54.6 Å². The lowest BCUT2D eigenvalue weighted by molar-refractivity contribution is -0.139. The molecule has 0 N–H and O–H groups in total. The minimum atomic E-state index is -0.669. The summed E-state index contributed by atoms with van der Waals surface area (Å²) in [6.07, 6.45) is 2.83. The topological polar surface area (TPSA) is 55.8 Å². The van der Waals surface area contributed by atoms with E-state index in [1.54, 1.807) is 11.1 Å². The molecule has 146 valence electrons. The molecule has 2 aromatic rings. The quantitative estimate of drug-likeness (QED) is 0.400. The molecule has 1 atom stereocenters. The number of ether oxygens (including phenoxy) is 2. The Balaban J connectivity index is 2.16. The molecule has 0 aromatic heterocycles. The van der Waals surface area contributed by atoms with Gasteiger partial charge in [0.15, 0.2) is 0 Å². The maximum atomic E-state index is 12.5. The predicted octanol–water partition coefficient (Wildman–Crippen LogP) is 4.02. The van der Waals surface area contributed by atoms with E-state index in [-0.39, 0.29) is 5.70 Å². The number of hydrogen-bond acceptors (Lipinski definition) is 5. The summed E-state index contributed by atoms with van der Waals surface area (Å²) in [5, 5.41) is 0. The molecule has 29 heavy (non-hydrogen) atoms. The number of hydrogen-bond donors (Lipinski definition) is 0. The van der Waals surface area contributed by atoms with Gasteiger partial charge >= 0.3 is 11.9 Å². The maximum absolute atomic E-state index is 12.5. The molecule has 0 saturated carbocycles. The average Bonchev–Trinajstić information content (AvgIpc) is 2.76. The number of methoxy groups -OCH3 is 2. The molecule has 2 aromatic carbocycles. The van der Waals surface area contributed by atoms with Gasteiger partial charge in [-0.15, -0.1) is 0 Å². The lowest BCUT2D eigenvalue weighted by atomic mass is 9.95. The SMILES string of the molecule is COC(=O)/C=C(\C(=O)OC)N1C=C(Br)c2ccccc2C1C#Cc1ccccc1. The monoisotopic (exact) mass is 451 g/mol. The molecule has 0 fully saturated rings. The molecule has 0 radical (unpaired) electrons. The van der Waals surface area contributed by atoms with Gasteiger partial charge in [-0.05, 0) is 39.2 Å². The predicted molar refractivity (Wildman–Crippen MR) is 113 cm³/mol. The van der Waals surface area contributed by atoms with Crippen LogP contribution in [0.1, 0.15) is 22.7 Å². The van der Waals surface area contributed by atoms with Gasteiger partial charge in [-0.25, -0.2) is 9.59 Å². The summed E-state index contributed by atoms with van der Waals surface area (Å²) in [6.45, 7) is 0. The molecule has 3 rings (SSSR count). The Labute approximate surface area is 177 Å². The minimum Gasteiger partial charge on any atom is -0.466 e. The van der Waals surface area contributed by atoms with Crippen molar-refractivity contribution >= 4 is 32.4 Å². The summed E-state index contributed by atoms with van der Waals surface area (Å²) >= 11 is 3.55. The van der Waals surface area contributed by atoms with Crippen molar-refractivity contribution in [1.29, 1.82) is 0 Å². The van der Waals surface area contributed by atoms with Crippen molar-refractivity contribution in [3.63, 3.8) is 0 Å². The zero-order chi connectivity index (χ0) is 20.8. The number of benzene rings is 2. The molecular formula is C23H18BrNO4. The van der Waals surface area contributed by atoms with Crippen LogP contribution in [0.4, 0.5) is 0 Å². The molecule has 1 aliphatic rings. The van der Waals surface area contributed by atoms with Gasteiger partial charge in [0.05, 0.1) is 20.3 Å². The van der Waals surface area contributed by atoms with Crippen LogP contribution in [0, 0.1) is 11.8 Å². The number of halogens is 1. The highest BCUT2D eigenvalue weighted by Crippen LogP contribution is 2.39. The standard InChI is InChI=1S/C23H18BrNO4/c1-28-22(26)14-21(23(27)29-2)25-15-19(24)17-10-6-7-11-18(17)20(25)13-12-16-8-4-3-5-9-16/h3-11,14-15,20H,1-2H3/b21-14+. The summed E-state index contributed by atoms with van der Waals surface area (Å²) in [7, 11) is 2.51. The van der Waals surface area contributed by atoms with Gasteiger partial charge in [0, 0.05) is 16.2 Å². The van der Waals surface area contributed by atoms with Gasteiger partial charge in [0.2, 0.25) is 0 Å². The fraction of sp³-hybridized carbons (Fsp3) is 0.130. The third kappa shape index (κ3) is 4.58. The number of nitrogens with zero attached hydrogens (tertiary/aromatic N) is 1. The van der Waals surface area contributed by atoms with E-state index < -0.39 is 18.0 Å². The number of carbonyl (C=O) groups excluding carboxylic acids is 2. The van der Waals surface area contributed by atoms with Crippen molar-refractivity contribution in [3.05, 3.63) is 89.3 Å². The van der Waals surface area contributed by atoms with E-state index >= 15 is 0 Å². The molecule has 6 heteroatoms. The largest absolute Gasteiger partial charge is 0.466 e. The fourth-order valence-corrected chi connectivity index (χ4v) is 3.49. The highest BCUT2D eigenvalue weighted by atomic mass is 79.9. The number of carbonyl (C=O) groups is 2. The van der Waals surface area contributed by atoms with Gasteiger partial charge in [0.25, 0.3) is 0 Å². The van der Waals surface area contributed by atoms with E-state index in [2.05, 4.69) is 27.8 Å². The first-order valence-electron chi connectivity index (χ1n) is 8.74. The van der Waals surface area contributed by atoms with Crippen LogP contribution < -0.4 is 0 Å². The van der Waals surface area contributed by atoms with Gasteiger partial charge in [-0.3, -0.25) is 0 Å². The smallest absolute Gasteiger partial charge is 0.354 e. The molecule has 1 unspecified atom stereocenters. The highest BCUT2D eigenvalue weighted by molar-refractivity contribution is 9.15. The maximum Gasteiger partial charge on any atom is 0.354 e. The summed E-state index contributed by atoms with van der Waals surface area (Å²) in [6, 6.07) is 16.8. The first kappa shape index (κ1) is 20.4. The van der Waals surface area contributed by atoms with Crippen LogP contribution in [0.25, 0.3) is 4.48 Å². The molecule has 1 heterocycles. The summed E-state index contributed by atoms with van der Waals surface area (Å²) in [5.74, 6) is 5.04. The van der Waals surface area contributed by atoms with E-state index in [9.17, 15) is 9.59 Å². The van der Waals surface area contributed by atoms with E-state index in [0.717, 1.165) is 27.2 Å². The van der Waals surface area contributed by atoms with E-state index in [1.165, 1.54) is 14.2 Å². The third-order valence-electron chi connectivity index (χ3n) is 4.30. The molecule has 0 bridgehead atoms. The molecule has 0 aliphatic carbocycles. The Morgan fingerprint density at radius 1 is 1.03 bits per heavy atom. The van der Waals surface area contributed by atoms with Gasteiger partial charge in [0.1, 0.15) is 11.7 Å². The van der Waals surface area contributed by atoms with E-state index in [0.29, 0.717) is 0 Å². The molecule has 0 saturated heterocycles. The number of esters is 2. The lowest BCUT2D eigenvalue weighted by Crippen LogP contribution is -2.31. The minimum absolute atomic E-state index is 0.0261. The molecule has 0 spiro atoms. The number of rotatable bonds is 3. The molecule has 0 amide bonds. The summed E-state index contributed by atoms with van der Waals surface area (Å²) in [5.41, 5.74) is 2.72. The van der Waals surface area contributed by atoms with Crippen LogP contribution in [0.15, 0.2) is 72.6 Å². The average molecular weight is 452 g/mol. The Morgan fingerprint density at radius 3 is 2.41 bits per heavy atom. The van der Waals surface area contributed by atoms with Gasteiger partial charge in [-0.2, -0.15) is 0 Å². The zero-order valence-corrected chi connectivity index (χ0v) is 17.5. The second kappa shape index (κ2) is 9.26. The van der Waals surface area contributed by atoms with Crippen molar-refractivity contribution in [2.75, 3.05) is 14.2 Å². The molecule has 1 aliphatic heterocycles. The van der Waals surface area contributed by atoms with Crippen molar-refractivity contribution in [1.82, 2.24) is 4.90 Å². The Kier molecular flexibility index (Phi) is 6.53. The Morgan fingerprint density at radius 2 is 1.72 bits per heavy atom. The highest BCUT2D eigenvalue weighted by Gasteiger charge is 2.31. The van der Waals surface area contributed by atoms with Crippen molar-refractivity contribution in [2.24, 2.45) is 0 Å². The van der Waals surface area contributed by atoms with Crippen molar-refractivity contribution in [2.45, 2.75) is 6.04 Å². The molecular weight excluding hydrogens is 434 g/mol. The van der Waals surface area contributed by atoms with Gasteiger partial charge < -0.3 is 14.4 Å². The van der Waals surface area contributed by atoms with Crippen molar-refractivity contribution < 1.29 is 19.1 Å². The zero-order valence-electron chi connectivity index (χ0n) is 15.9. The Bertz CT molecular complexity index is 1050. The van der Waals surface area contributed by atoms with Crippen LogP contribution >= 0.6 is 15.9 Å². The van der Waals surface area contributed by atoms with Crippen LogP contribution in [-0.4, -0.2) is 31.1 Å². The first-order chi connectivity index (χ1) is 14.0. The summed E-state index contributed by atoms with van der Waals surface area (Å²) in [4.78, 5) is 26.0. The third-order valence-corrected chi connectivity index (χ3v) is 4.93. The van der Waals surface area contributed by atoms with Crippen molar-refractivity contribution in [3.8, 4) is 11.8 Å². The second-order valence-corrected chi connectivity index (χ2v) is 6.91. The first-order valence-corrected chi connectivity index (χ1v) is 9.54. The van der Waals surface area contributed by atoms with Crippen LogP contribution in [0.5, 0.6) is 0 Å².